The van der Waals surface area contributed by atoms with Crippen molar-refractivity contribution in [2.75, 3.05) is 42.0 Å². The van der Waals surface area contributed by atoms with Crippen LogP contribution in [0.15, 0.2) is 18.2 Å². The van der Waals surface area contributed by atoms with Crippen molar-refractivity contribution >= 4 is 0 Å². The monoisotopic (exact) mass is 355 g/mol. The zero-order chi connectivity index (χ0) is 18.4. The van der Waals surface area contributed by atoms with Gasteiger partial charge in [-0.25, -0.2) is 0 Å². The topological polar surface area (TPSA) is 40.2 Å². The number of rotatable bonds is 4. The summed E-state index contributed by atoms with van der Waals surface area (Å²) in [5, 5.41) is 0. The maximum absolute atomic E-state index is 5.81. The van der Waals surface area contributed by atoms with Gasteiger partial charge < -0.3 is 18.9 Å². The van der Waals surface area contributed by atoms with E-state index in [0.717, 1.165) is 53.5 Å². The Balaban J connectivity index is 2.07. The normalized spacial score (nSPS) is 18.0. The van der Waals surface area contributed by atoms with Gasteiger partial charge in [0.1, 0.15) is 0 Å². The Hall–Kier alpha value is -2.40. The molecule has 2 aromatic carbocycles. The van der Waals surface area contributed by atoms with E-state index in [4.69, 9.17) is 18.9 Å². The third kappa shape index (κ3) is 2.34. The molecule has 1 heterocycles. The maximum Gasteiger partial charge on any atom is 0.168 e. The van der Waals surface area contributed by atoms with Crippen LogP contribution < -0.4 is 18.9 Å². The molecule has 0 fully saturated rings. The largest absolute Gasteiger partial charge is 0.493 e. The van der Waals surface area contributed by atoms with E-state index in [0.29, 0.717) is 6.04 Å². The second-order valence-electron chi connectivity index (χ2n) is 6.87. The van der Waals surface area contributed by atoms with Crippen LogP contribution in [0.2, 0.25) is 0 Å². The van der Waals surface area contributed by atoms with Crippen LogP contribution in [-0.2, 0) is 12.8 Å². The fraction of sp³-hybridized carbons (Fsp3) is 0.429. The molecule has 26 heavy (non-hydrogen) atoms. The van der Waals surface area contributed by atoms with E-state index < -0.39 is 0 Å². The highest BCUT2D eigenvalue weighted by Crippen LogP contribution is 2.53. The molecule has 0 bridgehead atoms. The minimum absolute atomic E-state index is 0.333. The number of ether oxygens (including phenoxy) is 4. The van der Waals surface area contributed by atoms with Crippen LogP contribution in [-0.4, -0.2) is 46.9 Å². The van der Waals surface area contributed by atoms with Crippen molar-refractivity contribution in [1.29, 1.82) is 0 Å². The van der Waals surface area contributed by atoms with Crippen molar-refractivity contribution in [1.82, 2.24) is 4.90 Å². The number of fused-ring (bicyclic) bond motifs is 2. The van der Waals surface area contributed by atoms with E-state index in [1.54, 1.807) is 28.4 Å². The molecule has 5 heteroatoms. The molecule has 0 unspecified atom stereocenters. The molecular weight excluding hydrogens is 330 g/mol. The quantitative estimate of drug-likeness (QED) is 0.840. The summed E-state index contributed by atoms with van der Waals surface area (Å²) < 4.78 is 22.6. The molecular formula is C21H25NO4. The lowest BCUT2D eigenvalue weighted by Crippen LogP contribution is -2.35. The minimum atomic E-state index is 0.333. The lowest BCUT2D eigenvalue weighted by Gasteiger charge is -2.40. The summed E-state index contributed by atoms with van der Waals surface area (Å²) in [5.74, 6) is 3.06. The van der Waals surface area contributed by atoms with Gasteiger partial charge >= 0.3 is 0 Å². The Bertz CT molecular complexity index is 862. The SMILES string of the molecule is COc1cc2c(cc1OC)-c1c(OC)c(OC)cc3c1[C@H](C2)N(C)CC3. The molecule has 0 N–H and O–H groups in total. The van der Waals surface area contributed by atoms with Gasteiger partial charge in [0, 0.05) is 18.2 Å². The van der Waals surface area contributed by atoms with Crippen molar-refractivity contribution < 1.29 is 18.9 Å². The third-order valence-corrected chi connectivity index (χ3v) is 5.69. The first-order chi connectivity index (χ1) is 12.6. The molecule has 1 aliphatic heterocycles. The minimum Gasteiger partial charge on any atom is -0.493 e. The fourth-order valence-electron chi connectivity index (χ4n) is 4.38. The smallest absolute Gasteiger partial charge is 0.168 e. The third-order valence-electron chi connectivity index (χ3n) is 5.69. The Kier molecular flexibility index (Phi) is 4.19. The summed E-state index contributed by atoms with van der Waals surface area (Å²) in [4.78, 5) is 2.43. The molecule has 4 rings (SSSR count). The number of likely N-dealkylation sites (N-methyl/N-ethyl adjacent to an activating group) is 1. The average molecular weight is 355 g/mol. The van der Waals surface area contributed by atoms with Crippen LogP contribution >= 0.6 is 0 Å². The summed E-state index contributed by atoms with van der Waals surface area (Å²) in [6, 6.07) is 6.64. The maximum atomic E-state index is 5.81. The zero-order valence-electron chi connectivity index (χ0n) is 16.0. The van der Waals surface area contributed by atoms with Crippen molar-refractivity contribution in [2.24, 2.45) is 0 Å². The molecule has 0 aromatic heterocycles. The Morgan fingerprint density at radius 2 is 1.50 bits per heavy atom. The van der Waals surface area contributed by atoms with E-state index in [-0.39, 0.29) is 0 Å². The molecule has 0 amide bonds. The van der Waals surface area contributed by atoms with Crippen molar-refractivity contribution in [3.05, 3.63) is 34.9 Å². The van der Waals surface area contributed by atoms with Gasteiger partial charge in [-0.3, -0.25) is 4.90 Å². The molecule has 2 aromatic rings. The number of benzene rings is 2. The fourth-order valence-corrected chi connectivity index (χ4v) is 4.38. The summed E-state index contributed by atoms with van der Waals surface area (Å²) in [5.41, 5.74) is 6.21. The van der Waals surface area contributed by atoms with E-state index in [1.807, 2.05) is 0 Å². The lowest BCUT2D eigenvalue weighted by molar-refractivity contribution is 0.226. The van der Waals surface area contributed by atoms with Crippen LogP contribution in [0, 0.1) is 0 Å². The van der Waals surface area contributed by atoms with Gasteiger partial charge in [0.25, 0.3) is 0 Å². The van der Waals surface area contributed by atoms with Crippen LogP contribution in [0.25, 0.3) is 11.1 Å². The number of hydrogen-bond donors (Lipinski definition) is 0. The summed E-state index contributed by atoms with van der Waals surface area (Å²) >= 11 is 0. The van der Waals surface area contributed by atoms with Gasteiger partial charge in [0.15, 0.2) is 23.0 Å². The van der Waals surface area contributed by atoms with Gasteiger partial charge in [0.2, 0.25) is 0 Å². The molecule has 0 saturated heterocycles. The van der Waals surface area contributed by atoms with Gasteiger partial charge in [-0.15, -0.1) is 0 Å². The molecule has 1 aliphatic carbocycles. The summed E-state index contributed by atoms with van der Waals surface area (Å²) in [6.45, 7) is 1.04. The predicted octanol–water partition coefficient (Wildman–Crippen LogP) is 3.47. The first kappa shape index (κ1) is 17.0. The predicted molar refractivity (Wildman–Crippen MR) is 101 cm³/mol. The highest BCUT2D eigenvalue weighted by atomic mass is 16.5. The van der Waals surface area contributed by atoms with Gasteiger partial charge in [-0.1, -0.05) is 0 Å². The molecule has 0 spiro atoms. The van der Waals surface area contributed by atoms with Gasteiger partial charge in [-0.2, -0.15) is 0 Å². The molecule has 2 aliphatic rings. The second-order valence-corrected chi connectivity index (χ2v) is 6.87. The highest BCUT2D eigenvalue weighted by Gasteiger charge is 2.36. The highest BCUT2D eigenvalue weighted by molar-refractivity contribution is 5.85. The van der Waals surface area contributed by atoms with Crippen molar-refractivity contribution in [3.8, 4) is 34.1 Å². The van der Waals surface area contributed by atoms with Crippen LogP contribution in [0.3, 0.4) is 0 Å². The summed E-state index contributed by atoms with van der Waals surface area (Å²) in [7, 11) is 8.94. The van der Waals surface area contributed by atoms with Crippen molar-refractivity contribution in [3.63, 3.8) is 0 Å². The Labute approximate surface area is 154 Å². The number of hydrogen-bond acceptors (Lipinski definition) is 5. The van der Waals surface area contributed by atoms with Crippen molar-refractivity contribution in [2.45, 2.75) is 18.9 Å². The van der Waals surface area contributed by atoms with Gasteiger partial charge in [-0.05, 0) is 60.3 Å². The molecule has 1 atom stereocenters. The van der Waals surface area contributed by atoms with E-state index in [1.165, 1.54) is 16.7 Å². The average Bonchev–Trinajstić information content (AvgIpc) is 2.68. The second kappa shape index (κ2) is 6.40. The van der Waals surface area contributed by atoms with E-state index in [2.05, 4.69) is 30.1 Å². The van der Waals surface area contributed by atoms with Crippen LogP contribution in [0.5, 0.6) is 23.0 Å². The van der Waals surface area contributed by atoms with E-state index >= 15 is 0 Å². The van der Waals surface area contributed by atoms with Gasteiger partial charge in [0.05, 0.1) is 28.4 Å². The Morgan fingerprint density at radius 3 is 2.15 bits per heavy atom. The standard InChI is InChI=1S/C21H25NO4/c1-22-7-6-12-9-18(25-4)21(26-5)20-14-11-17(24-3)16(23-2)10-13(14)8-15(22)19(12)20/h9-11,15H,6-8H2,1-5H3/t15-/m0/s1. The first-order valence-corrected chi connectivity index (χ1v) is 8.86. The molecule has 5 nitrogen and oxygen atoms in total. The summed E-state index contributed by atoms with van der Waals surface area (Å²) in [6.07, 6.45) is 1.96. The van der Waals surface area contributed by atoms with Crippen LogP contribution in [0.1, 0.15) is 22.7 Å². The molecule has 0 saturated carbocycles. The molecule has 138 valence electrons. The zero-order valence-corrected chi connectivity index (χ0v) is 16.0. The number of methoxy groups -OCH3 is 4. The number of nitrogens with zero attached hydrogens (tertiary/aromatic N) is 1. The van der Waals surface area contributed by atoms with Crippen LogP contribution in [0.4, 0.5) is 0 Å². The van der Waals surface area contributed by atoms with E-state index in [9.17, 15) is 0 Å². The first-order valence-electron chi connectivity index (χ1n) is 8.86. The lowest BCUT2D eigenvalue weighted by atomic mass is 9.76. The molecule has 0 radical (unpaired) electrons. The Morgan fingerprint density at radius 1 is 0.846 bits per heavy atom.